The van der Waals surface area contributed by atoms with Crippen molar-refractivity contribution >= 4 is 61.4 Å². The van der Waals surface area contributed by atoms with Gasteiger partial charge < -0.3 is 8.39 Å². The smallest absolute Gasteiger partial charge is 0.371 e. The summed E-state index contributed by atoms with van der Waals surface area (Å²) in [6.45, 7) is 5.84. The molecule has 4 nitrogen and oxygen atoms in total. The molecule has 1 aromatic heterocycles. The Bertz CT molecular complexity index is 1830. The van der Waals surface area contributed by atoms with Gasteiger partial charge in [0, 0.05) is 15.7 Å². The molecule has 0 aliphatic carbocycles. The summed E-state index contributed by atoms with van der Waals surface area (Å²) >= 11 is 0. The van der Waals surface area contributed by atoms with E-state index in [9.17, 15) is 4.21 Å². The normalized spacial score (nSPS) is 13.8. The highest BCUT2D eigenvalue weighted by Gasteiger charge is 2.30. The molecule has 5 aromatic carbocycles. The number of benzene rings is 5. The molecular formula is C30H26NO3PS. The zero-order valence-corrected chi connectivity index (χ0v) is 22.1. The van der Waals surface area contributed by atoms with Gasteiger partial charge in [-0.15, -0.1) is 4.13 Å². The first kappa shape index (κ1) is 22.9. The van der Waals surface area contributed by atoms with Crippen LogP contribution in [-0.4, -0.2) is 8.96 Å². The minimum atomic E-state index is -2.89. The predicted molar refractivity (Wildman–Crippen MR) is 152 cm³/mol. The van der Waals surface area contributed by atoms with E-state index < -0.39 is 22.6 Å². The van der Waals surface area contributed by atoms with Crippen LogP contribution >= 0.6 is 8.16 Å². The second kappa shape index (κ2) is 8.55. The molecule has 36 heavy (non-hydrogen) atoms. The van der Waals surface area contributed by atoms with Gasteiger partial charge in [-0.3, -0.25) is 0 Å². The van der Waals surface area contributed by atoms with Gasteiger partial charge in [0.25, 0.3) is 0 Å². The van der Waals surface area contributed by atoms with E-state index in [-0.39, 0.29) is 0 Å². The van der Waals surface area contributed by atoms with Crippen LogP contribution in [0.15, 0.2) is 121 Å². The molecule has 0 bridgehead atoms. The molecule has 0 amide bonds. The lowest BCUT2D eigenvalue weighted by molar-refractivity contribution is 0.630. The van der Waals surface area contributed by atoms with Crippen molar-refractivity contribution in [3.8, 4) is 0 Å². The molecule has 0 aliphatic heterocycles. The van der Waals surface area contributed by atoms with Crippen molar-refractivity contribution in [1.82, 2.24) is 0 Å². The zero-order chi connectivity index (χ0) is 24.9. The van der Waals surface area contributed by atoms with Crippen molar-refractivity contribution in [3.63, 3.8) is 0 Å². The van der Waals surface area contributed by atoms with Crippen LogP contribution in [0.25, 0.3) is 43.5 Å². The van der Waals surface area contributed by atoms with Gasteiger partial charge >= 0.3 is 8.16 Å². The Kier molecular flexibility index (Phi) is 5.44. The fourth-order valence-corrected chi connectivity index (χ4v) is 8.90. The van der Waals surface area contributed by atoms with Gasteiger partial charge in [0.15, 0.2) is 0 Å². The minimum absolute atomic E-state index is 0.631. The van der Waals surface area contributed by atoms with E-state index in [1.807, 2.05) is 87.5 Å². The Balaban J connectivity index is 1.83. The molecule has 0 aliphatic rings. The summed E-state index contributed by atoms with van der Waals surface area (Å²) in [7, 11) is -4.79. The van der Waals surface area contributed by atoms with E-state index >= 15 is 0 Å². The zero-order valence-electron chi connectivity index (χ0n) is 20.3. The molecule has 0 unspecified atom stereocenters. The summed E-state index contributed by atoms with van der Waals surface area (Å²) in [6.07, 6.45) is 0. The number of hydrogen-bond donors (Lipinski definition) is 0. The van der Waals surface area contributed by atoms with E-state index in [1.165, 1.54) is 0 Å². The second-order valence-corrected chi connectivity index (χ2v) is 14.0. The van der Waals surface area contributed by atoms with E-state index in [2.05, 4.69) is 36.4 Å². The highest BCUT2D eigenvalue weighted by molar-refractivity contribution is 7.97. The summed E-state index contributed by atoms with van der Waals surface area (Å²) in [5.74, 6) is 0. The number of rotatable bonds is 2. The standard InChI is InChI=1S/C30H26NO3PS/c1-30(2,3)36(32,23-13-5-4-6-14-23)31-35-33-26-19-17-21-11-7-9-15-24(21)28(26)29-25-16-10-8-12-22(25)18-20-27(29)34-35/h4-20H,1-3H3/t36-/m1/s1. The van der Waals surface area contributed by atoms with E-state index in [4.69, 9.17) is 12.5 Å². The van der Waals surface area contributed by atoms with Crippen LogP contribution in [0.2, 0.25) is 0 Å². The number of hydrogen-bond acceptors (Lipinski definition) is 4. The van der Waals surface area contributed by atoms with Gasteiger partial charge in [-0.05, 0) is 66.6 Å². The van der Waals surface area contributed by atoms with Crippen molar-refractivity contribution in [2.45, 2.75) is 30.4 Å². The van der Waals surface area contributed by atoms with E-state index in [0.717, 1.165) is 32.3 Å². The van der Waals surface area contributed by atoms with Gasteiger partial charge in [0.05, 0.1) is 14.5 Å². The highest BCUT2D eigenvalue weighted by Crippen LogP contribution is 2.44. The van der Waals surface area contributed by atoms with Crippen LogP contribution in [0.3, 0.4) is 0 Å². The largest absolute Gasteiger partial charge is 0.402 e. The Labute approximate surface area is 211 Å². The summed E-state index contributed by atoms with van der Waals surface area (Å²) in [5, 5.41) is 6.33. The lowest BCUT2D eigenvalue weighted by atomic mass is 9.99. The van der Waals surface area contributed by atoms with Gasteiger partial charge in [0.2, 0.25) is 0 Å². The van der Waals surface area contributed by atoms with Crippen LogP contribution < -0.4 is 0 Å². The Morgan fingerprint density at radius 1 is 0.639 bits per heavy atom. The van der Waals surface area contributed by atoms with Crippen LogP contribution in [0.5, 0.6) is 0 Å². The molecule has 0 radical (unpaired) electrons. The van der Waals surface area contributed by atoms with E-state index in [0.29, 0.717) is 16.1 Å². The highest BCUT2D eigenvalue weighted by atomic mass is 32.2. The maximum absolute atomic E-state index is 14.5. The molecule has 0 spiro atoms. The van der Waals surface area contributed by atoms with Crippen molar-refractivity contribution < 1.29 is 12.6 Å². The van der Waals surface area contributed by atoms with Crippen LogP contribution in [0.4, 0.5) is 0 Å². The molecule has 180 valence electrons. The SMILES string of the molecule is CC(C)(C)[S@@](=O)(=Np1oc2ccc3ccccc3c2c2c(ccc3ccccc32)o1)c1ccccc1. The number of fused-ring (bicyclic) bond motifs is 7. The average molecular weight is 512 g/mol. The molecule has 6 rings (SSSR count). The second-order valence-electron chi connectivity index (χ2n) is 9.77. The summed E-state index contributed by atoms with van der Waals surface area (Å²) in [4.78, 5) is 0.675. The number of nitrogens with zero attached hydrogens (tertiary/aromatic N) is 1. The predicted octanol–water partition coefficient (Wildman–Crippen LogP) is 9.69. The lowest BCUT2D eigenvalue weighted by Crippen LogP contribution is -2.27. The monoisotopic (exact) mass is 511 g/mol. The molecule has 1 heterocycles. The van der Waals surface area contributed by atoms with Crippen LogP contribution in [-0.2, 0) is 9.73 Å². The maximum atomic E-state index is 14.5. The van der Waals surface area contributed by atoms with Gasteiger partial charge in [-0.2, -0.15) is 0 Å². The Morgan fingerprint density at radius 3 is 1.61 bits per heavy atom. The van der Waals surface area contributed by atoms with Crippen LogP contribution in [0.1, 0.15) is 20.8 Å². The van der Waals surface area contributed by atoms with Gasteiger partial charge in [-0.1, -0.05) is 78.9 Å². The molecule has 0 N–H and O–H groups in total. The van der Waals surface area contributed by atoms with Crippen molar-refractivity contribution in [1.29, 1.82) is 0 Å². The quantitative estimate of drug-likeness (QED) is 0.232. The first-order chi connectivity index (χ1) is 17.3. The van der Waals surface area contributed by atoms with Crippen LogP contribution in [0, 0.1) is 0 Å². The van der Waals surface area contributed by atoms with Crippen molar-refractivity contribution in [3.05, 3.63) is 103 Å². The molecule has 0 saturated carbocycles. The minimum Gasteiger partial charge on any atom is -0.402 e. The third-order valence-electron chi connectivity index (χ3n) is 6.46. The third-order valence-corrected chi connectivity index (χ3v) is 11.2. The first-order valence-electron chi connectivity index (χ1n) is 11.9. The maximum Gasteiger partial charge on any atom is 0.371 e. The van der Waals surface area contributed by atoms with Crippen molar-refractivity contribution in [2.24, 2.45) is 4.13 Å². The topological polar surface area (TPSA) is 55.7 Å². The summed E-state index contributed by atoms with van der Waals surface area (Å²) in [5.41, 5.74) is 1.37. The first-order valence-corrected chi connectivity index (χ1v) is 14.5. The lowest BCUT2D eigenvalue weighted by Gasteiger charge is -2.23. The van der Waals surface area contributed by atoms with E-state index in [1.54, 1.807) is 0 Å². The average Bonchev–Trinajstić information content (AvgIpc) is 3.05. The molecule has 6 heteroatoms. The third kappa shape index (κ3) is 3.71. The molecular weight excluding hydrogens is 485 g/mol. The molecule has 0 fully saturated rings. The Hall–Kier alpha value is -3.53. The molecule has 0 saturated heterocycles. The fraction of sp³-hybridized carbons (Fsp3) is 0.133. The summed E-state index contributed by atoms with van der Waals surface area (Å²) in [6, 6.07) is 34.0. The fourth-order valence-electron chi connectivity index (χ4n) is 4.61. The van der Waals surface area contributed by atoms with Gasteiger partial charge in [-0.25, -0.2) is 4.21 Å². The molecule has 1 atom stereocenters. The van der Waals surface area contributed by atoms with Crippen molar-refractivity contribution in [2.75, 3.05) is 0 Å². The summed E-state index contributed by atoms with van der Waals surface area (Å²) < 4.78 is 31.8. The Morgan fingerprint density at radius 2 is 1.11 bits per heavy atom. The molecule has 6 aromatic rings. The van der Waals surface area contributed by atoms with Gasteiger partial charge in [0.1, 0.15) is 11.2 Å².